The van der Waals surface area contributed by atoms with E-state index in [1.165, 1.54) is 5.01 Å². The molecule has 14 heavy (non-hydrogen) atoms. The van der Waals surface area contributed by atoms with Crippen molar-refractivity contribution in [3.8, 4) is 0 Å². The van der Waals surface area contributed by atoms with E-state index in [0.29, 0.717) is 13.1 Å². The third-order valence-corrected chi connectivity index (χ3v) is 2.18. The van der Waals surface area contributed by atoms with Crippen LogP contribution in [0.1, 0.15) is 33.6 Å². The summed E-state index contributed by atoms with van der Waals surface area (Å²) in [4.78, 5) is 11.6. The van der Waals surface area contributed by atoms with Crippen LogP contribution in [-0.2, 0) is 4.79 Å². The van der Waals surface area contributed by atoms with Crippen molar-refractivity contribution >= 4 is 5.91 Å². The van der Waals surface area contributed by atoms with Crippen molar-refractivity contribution < 1.29 is 4.79 Å². The summed E-state index contributed by atoms with van der Waals surface area (Å²) in [6.45, 7) is 6.81. The summed E-state index contributed by atoms with van der Waals surface area (Å²) in [5.41, 5.74) is 7.07. The van der Waals surface area contributed by atoms with Gasteiger partial charge in [-0.2, -0.15) is 0 Å². The number of nitrogens with two attached hydrogens (primary N) is 2. The van der Waals surface area contributed by atoms with Crippen LogP contribution in [0.2, 0.25) is 0 Å². The van der Waals surface area contributed by atoms with Gasteiger partial charge in [-0.05, 0) is 40.2 Å². The van der Waals surface area contributed by atoms with Crippen LogP contribution in [0.4, 0.5) is 0 Å². The third-order valence-electron chi connectivity index (χ3n) is 2.18. The summed E-state index contributed by atoms with van der Waals surface area (Å²) in [5, 5.41) is 1.26. The molecule has 0 saturated heterocycles. The maximum Gasteiger partial charge on any atom is 0.263 e. The van der Waals surface area contributed by atoms with Gasteiger partial charge in [-0.25, -0.2) is 5.84 Å². The number of hydrogen-bond donors (Lipinski definition) is 2. The lowest BCUT2D eigenvalue weighted by Gasteiger charge is -2.17. The lowest BCUT2D eigenvalue weighted by molar-refractivity contribution is -0.127. The Morgan fingerprint density at radius 3 is 2.21 bits per heavy atom. The van der Waals surface area contributed by atoms with E-state index in [2.05, 4.69) is 0 Å². The van der Waals surface area contributed by atoms with Crippen molar-refractivity contribution in [2.75, 3.05) is 13.1 Å². The highest BCUT2D eigenvalue weighted by Gasteiger charge is 2.11. The van der Waals surface area contributed by atoms with Gasteiger partial charge in [0.25, 0.3) is 5.91 Å². The first-order chi connectivity index (χ1) is 6.50. The molecule has 4 N–H and O–H groups in total. The molecule has 0 aromatic heterocycles. The molecule has 0 aliphatic carbocycles. The second-order valence-corrected chi connectivity index (χ2v) is 3.62. The number of carbonyl (C=O) groups is 1. The average Bonchev–Trinajstić information content (AvgIpc) is 2.15. The highest BCUT2D eigenvalue weighted by atomic mass is 16.2. The second-order valence-electron chi connectivity index (χ2n) is 3.62. The van der Waals surface area contributed by atoms with Gasteiger partial charge in [0, 0.05) is 12.1 Å². The summed E-state index contributed by atoms with van der Waals surface area (Å²) in [6.07, 6.45) is 1.75. The molecule has 4 heteroatoms. The summed E-state index contributed by atoms with van der Waals surface area (Å²) < 4.78 is 0. The van der Waals surface area contributed by atoms with Gasteiger partial charge in [-0.1, -0.05) is 5.57 Å². The van der Waals surface area contributed by atoms with E-state index in [0.717, 1.165) is 24.0 Å². The molecule has 0 radical (unpaired) electrons. The Kier molecular flexibility index (Phi) is 6.16. The number of nitrogens with zero attached hydrogens (tertiary/aromatic N) is 1. The van der Waals surface area contributed by atoms with Gasteiger partial charge >= 0.3 is 0 Å². The van der Waals surface area contributed by atoms with E-state index >= 15 is 0 Å². The van der Waals surface area contributed by atoms with Gasteiger partial charge < -0.3 is 5.73 Å². The Morgan fingerprint density at radius 2 is 1.79 bits per heavy atom. The minimum Gasteiger partial charge on any atom is -0.330 e. The first kappa shape index (κ1) is 13.1. The molecule has 0 aromatic carbocycles. The van der Waals surface area contributed by atoms with Gasteiger partial charge in [-0.15, -0.1) is 0 Å². The SMILES string of the molecule is CC(C)=C(C)C(=O)N(N)CCCCN. The summed E-state index contributed by atoms with van der Waals surface area (Å²) in [6, 6.07) is 0. The molecule has 0 aromatic rings. The number of carbonyl (C=O) groups excluding carboxylic acids is 1. The average molecular weight is 199 g/mol. The van der Waals surface area contributed by atoms with Crippen molar-refractivity contribution in [3.05, 3.63) is 11.1 Å². The van der Waals surface area contributed by atoms with E-state index in [-0.39, 0.29) is 5.91 Å². The van der Waals surface area contributed by atoms with E-state index in [4.69, 9.17) is 11.6 Å². The predicted molar refractivity (Wildman–Crippen MR) is 58.2 cm³/mol. The van der Waals surface area contributed by atoms with Crippen LogP contribution in [0.15, 0.2) is 11.1 Å². The molecule has 0 rings (SSSR count). The topological polar surface area (TPSA) is 72.3 Å². The molecule has 4 nitrogen and oxygen atoms in total. The second kappa shape index (κ2) is 6.56. The molecule has 0 unspecified atom stereocenters. The van der Waals surface area contributed by atoms with E-state index in [1.807, 2.05) is 13.8 Å². The fourth-order valence-corrected chi connectivity index (χ4v) is 0.957. The van der Waals surface area contributed by atoms with E-state index < -0.39 is 0 Å². The Labute approximate surface area is 85.9 Å². The van der Waals surface area contributed by atoms with Crippen molar-refractivity contribution in [3.63, 3.8) is 0 Å². The fourth-order valence-electron chi connectivity index (χ4n) is 0.957. The first-order valence-electron chi connectivity index (χ1n) is 4.91. The molecule has 0 saturated carbocycles. The lowest BCUT2D eigenvalue weighted by atomic mass is 10.1. The molecule has 0 heterocycles. The van der Waals surface area contributed by atoms with Crippen LogP contribution in [-0.4, -0.2) is 24.0 Å². The molecule has 1 amide bonds. The Hall–Kier alpha value is -0.870. The number of hydrazine groups is 1. The van der Waals surface area contributed by atoms with E-state index in [9.17, 15) is 4.79 Å². The minimum absolute atomic E-state index is 0.0954. The third kappa shape index (κ3) is 4.39. The molecular formula is C10H21N3O. The smallest absolute Gasteiger partial charge is 0.263 e. The van der Waals surface area contributed by atoms with Crippen LogP contribution < -0.4 is 11.6 Å². The molecular weight excluding hydrogens is 178 g/mol. The maximum atomic E-state index is 11.6. The number of rotatable bonds is 5. The van der Waals surface area contributed by atoms with Crippen LogP contribution in [0.5, 0.6) is 0 Å². The van der Waals surface area contributed by atoms with Crippen LogP contribution in [0.25, 0.3) is 0 Å². The molecule has 0 fully saturated rings. The van der Waals surface area contributed by atoms with Gasteiger partial charge in [-0.3, -0.25) is 9.80 Å². The van der Waals surface area contributed by atoms with Gasteiger partial charge in [0.2, 0.25) is 0 Å². The van der Waals surface area contributed by atoms with Gasteiger partial charge in [0.1, 0.15) is 0 Å². The molecule has 0 bridgehead atoms. The summed E-state index contributed by atoms with van der Waals surface area (Å²) in [5.74, 6) is 5.51. The zero-order valence-corrected chi connectivity index (χ0v) is 9.34. The number of allylic oxidation sites excluding steroid dienone is 1. The summed E-state index contributed by atoms with van der Waals surface area (Å²) in [7, 11) is 0. The van der Waals surface area contributed by atoms with Crippen LogP contribution >= 0.6 is 0 Å². The van der Waals surface area contributed by atoms with Crippen LogP contribution in [0.3, 0.4) is 0 Å². The normalized spacial score (nSPS) is 9.79. The first-order valence-corrected chi connectivity index (χ1v) is 4.91. The zero-order valence-electron chi connectivity index (χ0n) is 9.34. The largest absolute Gasteiger partial charge is 0.330 e. The number of hydrogen-bond acceptors (Lipinski definition) is 3. The van der Waals surface area contributed by atoms with Crippen molar-refractivity contribution in [1.82, 2.24) is 5.01 Å². The zero-order chi connectivity index (χ0) is 11.1. The highest BCUT2D eigenvalue weighted by molar-refractivity contribution is 5.93. The van der Waals surface area contributed by atoms with Crippen molar-refractivity contribution in [2.24, 2.45) is 11.6 Å². The fraction of sp³-hybridized carbons (Fsp3) is 0.700. The molecule has 0 atom stereocenters. The quantitative estimate of drug-likeness (QED) is 0.226. The minimum atomic E-state index is -0.0954. The van der Waals surface area contributed by atoms with Gasteiger partial charge in [0.15, 0.2) is 0 Å². The predicted octanol–water partition coefficient (Wildman–Crippen LogP) is 0.784. The molecule has 0 spiro atoms. The number of amides is 1. The lowest BCUT2D eigenvalue weighted by Crippen LogP contribution is -2.39. The van der Waals surface area contributed by atoms with Gasteiger partial charge in [0.05, 0.1) is 0 Å². The Morgan fingerprint density at radius 1 is 1.21 bits per heavy atom. The molecule has 0 aliphatic heterocycles. The molecule has 82 valence electrons. The van der Waals surface area contributed by atoms with E-state index in [1.54, 1.807) is 6.92 Å². The highest BCUT2D eigenvalue weighted by Crippen LogP contribution is 2.05. The van der Waals surface area contributed by atoms with Crippen molar-refractivity contribution in [2.45, 2.75) is 33.6 Å². The Bertz CT molecular complexity index is 219. The monoisotopic (exact) mass is 199 g/mol. The van der Waals surface area contributed by atoms with Crippen molar-refractivity contribution in [1.29, 1.82) is 0 Å². The van der Waals surface area contributed by atoms with Crippen LogP contribution in [0, 0.1) is 0 Å². The standard InChI is InChI=1S/C10H21N3O/c1-8(2)9(3)10(14)13(12)7-5-4-6-11/h4-7,11-12H2,1-3H3. The summed E-state index contributed by atoms with van der Waals surface area (Å²) >= 11 is 0. The molecule has 0 aliphatic rings. The maximum absolute atomic E-state index is 11.6. The number of unbranched alkanes of at least 4 members (excludes halogenated alkanes) is 1. The Balaban J connectivity index is 4.07.